The summed E-state index contributed by atoms with van der Waals surface area (Å²) in [5.74, 6) is -0.0294. The molecule has 0 amide bonds. The maximum Gasteiger partial charge on any atom is 0.226 e. The van der Waals surface area contributed by atoms with Crippen molar-refractivity contribution in [2.45, 2.75) is 19.6 Å². The second kappa shape index (κ2) is 6.95. The van der Waals surface area contributed by atoms with Gasteiger partial charge in [-0.3, -0.25) is 0 Å². The Hall–Kier alpha value is -2.85. The van der Waals surface area contributed by atoms with Crippen LogP contribution in [-0.4, -0.2) is 53.3 Å². The summed E-state index contributed by atoms with van der Waals surface area (Å²) in [4.78, 5) is 8.50. The lowest BCUT2D eigenvalue weighted by atomic mass is 10.2. The Morgan fingerprint density at radius 1 is 1.20 bits per heavy atom. The number of hydrogen-bond donors (Lipinski definition) is 6. The minimum absolute atomic E-state index is 0.0618. The molecule has 6 N–H and O–H groups in total. The van der Waals surface area contributed by atoms with E-state index in [2.05, 4.69) is 36.0 Å². The Bertz CT molecular complexity index is 900. The van der Waals surface area contributed by atoms with Crippen molar-refractivity contribution >= 4 is 34.5 Å². The Morgan fingerprint density at radius 3 is 2.76 bits per heavy atom. The van der Waals surface area contributed by atoms with Crippen LogP contribution in [0.3, 0.4) is 0 Å². The van der Waals surface area contributed by atoms with Gasteiger partial charge >= 0.3 is 0 Å². The Balaban J connectivity index is 1.85. The Morgan fingerprint density at radius 2 is 2.00 bits per heavy atom. The molecule has 25 heavy (non-hydrogen) atoms. The third-order valence-electron chi connectivity index (χ3n) is 3.38. The van der Waals surface area contributed by atoms with Crippen LogP contribution in [0.25, 0.3) is 11.2 Å². The molecule has 132 valence electrons. The molecule has 2 aromatic heterocycles. The lowest BCUT2D eigenvalue weighted by Gasteiger charge is -2.11. The van der Waals surface area contributed by atoms with Crippen molar-refractivity contribution in [2.24, 2.45) is 0 Å². The molecular weight excluding hydrogens is 350 g/mol. The molecule has 0 spiro atoms. The maximum atomic E-state index is 9.95. The van der Waals surface area contributed by atoms with Crippen LogP contribution in [0.1, 0.15) is 12.5 Å². The number of halogens is 1. The van der Waals surface area contributed by atoms with Crippen molar-refractivity contribution in [3.05, 3.63) is 22.7 Å². The second-order valence-electron chi connectivity index (χ2n) is 5.39. The molecule has 0 aliphatic heterocycles. The van der Waals surface area contributed by atoms with E-state index < -0.39 is 6.10 Å². The van der Waals surface area contributed by atoms with Crippen molar-refractivity contribution in [1.29, 1.82) is 0 Å². The van der Waals surface area contributed by atoms with E-state index in [0.717, 1.165) is 0 Å². The zero-order valence-electron chi connectivity index (χ0n) is 13.2. The van der Waals surface area contributed by atoms with Gasteiger partial charge in [-0.1, -0.05) is 22.9 Å². The van der Waals surface area contributed by atoms with E-state index in [9.17, 15) is 15.3 Å². The van der Waals surface area contributed by atoms with Crippen molar-refractivity contribution in [2.75, 3.05) is 17.2 Å². The number of aliphatic hydroxyl groups excluding tert-OH is 1. The van der Waals surface area contributed by atoms with Crippen LogP contribution in [-0.2, 0) is 6.54 Å². The number of phenols is 2. The minimum atomic E-state index is -0.565. The van der Waals surface area contributed by atoms with Crippen LogP contribution in [0.2, 0.25) is 5.02 Å². The SMILES string of the molecule is CC(O)CNc1nc(NCc2ccc(Cl)c(O)c2O)c2nn[nH]c2n1. The van der Waals surface area contributed by atoms with Gasteiger partial charge in [0.2, 0.25) is 5.95 Å². The zero-order valence-corrected chi connectivity index (χ0v) is 13.9. The van der Waals surface area contributed by atoms with E-state index in [0.29, 0.717) is 22.5 Å². The first kappa shape index (κ1) is 17.0. The number of aromatic nitrogens is 5. The van der Waals surface area contributed by atoms with E-state index in [4.69, 9.17) is 11.6 Å². The number of rotatable bonds is 6. The van der Waals surface area contributed by atoms with Crippen molar-refractivity contribution in [3.63, 3.8) is 0 Å². The lowest BCUT2D eigenvalue weighted by Crippen LogP contribution is -2.17. The molecule has 0 radical (unpaired) electrons. The van der Waals surface area contributed by atoms with Gasteiger partial charge in [-0.15, -0.1) is 5.10 Å². The number of nitrogens with zero attached hydrogens (tertiary/aromatic N) is 4. The molecule has 0 saturated carbocycles. The lowest BCUT2D eigenvalue weighted by molar-refractivity contribution is 0.208. The Kier molecular flexibility index (Phi) is 4.72. The van der Waals surface area contributed by atoms with Crippen molar-refractivity contribution in [1.82, 2.24) is 25.4 Å². The smallest absolute Gasteiger partial charge is 0.226 e. The number of aliphatic hydroxyl groups is 1. The van der Waals surface area contributed by atoms with Crippen LogP contribution >= 0.6 is 11.6 Å². The first-order valence-electron chi connectivity index (χ1n) is 7.39. The third kappa shape index (κ3) is 3.64. The van der Waals surface area contributed by atoms with E-state index in [-0.39, 0.29) is 35.6 Å². The first-order valence-corrected chi connectivity index (χ1v) is 7.77. The molecule has 1 aromatic carbocycles. The highest BCUT2D eigenvalue weighted by Crippen LogP contribution is 2.36. The highest BCUT2D eigenvalue weighted by atomic mass is 35.5. The number of H-pyrrole nitrogens is 1. The molecule has 0 aliphatic carbocycles. The Labute approximate surface area is 146 Å². The molecule has 10 nitrogen and oxygen atoms in total. The van der Waals surface area contributed by atoms with Crippen LogP contribution in [0, 0.1) is 0 Å². The normalized spacial score (nSPS) is 12.3. The van der Waals surface area contributed by atoms with Gasteiger partial charge in [-0.25, -0.2) is 5.10 Å². The molecule has 11 heteroatoms. The summed E-state index contributed by atoms with van der Waals surface area (Å²) in [5.41, 5.74) is 1.25. The molecule has 0 bridgehead atoms. The van der Waals surface area contributed by atoms with Gasteiger partial charge in [0, 0.05) is 18.7 Å². The first-order chi connectivity index (χ1) is 12.0. The molecule has 3 aromatic rings. The van der Waals surface area contributed by atoms with Gasteiger partial charge in [-0.05, 0) is 13.0 Å². The fourth-order valence-corrected chi connectivity index (χ4v) is 2.26. The molecule has 0 fully saturated rings. The topological polar surface area (TPSA) is 152 Å². The summed E-state index contributed by atoms with van der Waals surface area (Å²) in [6, 6.07) is 3.06. The third-order valence-corrected chi connectivity index (χ3v) is 3.68. The van der Waals surface area contributed by atoms with Crippen LogP contribution in [0.4, 0.5) is 11.8 Å². The van der Waals surface area contributed by atoms with E-state index in [1.54, 1.807) is 13.0 Å². The molecule has 0 aliphatic rings. The predicted molar refractivity (Wildman–Crippen MR) is 91.8 cm³/mol. The van der Waals surface area contributed by atoms with Gasteiger partial charge in [0.15, 0.2) is 28.5 Å². The number of phenolic OH excluding ortho intramolecular Hbond substituents is 2. The molecular formula is C14H16ClN7O3. The predicted octanol–water partition coefficient (Wildman–Crippen LogP) is 1.22. The second-order valence-corrected chi connectivity index (χ2v) is 5.80. The fraction of sp³-hybridized carbons (Fsp3) is 0.286. The molecule has 3 rings (SSSR count). The monoisotopic (exact) mass is 365 g/mol. The van der Waals surface area contributed by atoms with Gasteiger partial charge in [-0.2, -0.15) is 9.97 Å². The summed E-state index contributed by atoms with van der Waals surface area (Å²) in [6.45, 7) is 2.07. The van der Waals surface area contributed by atoms with E-state index in [1.807, 2.05) is 0 Å². The highest BCUT2D eigenvalue weighted by Gasteiger charge is 2.14. The van der Waals surface area contributed by atoms with Gasteiger partial charge < -0.3 is 26.0 Å². The van der Waals surface area contributed by atoms with E-state index >= 15 is 0 Å². The summed E-state index contributed by atoms with van der Waals surface area (Å²) in [5, 5.41) is 45.2. The number of aromatic hydroxyl groups is 2. The number of hydrogen-bond acceptors (Lipinski definition) is 9. The van der Waals surface area contributed by atoms with E-state index in [1.165, 1.54) is 6.07 Å². The van der Waals surface area contributed by atoms with Gasteiger partial charge in [0.25, 0.3) is 0 Å². The zero-order chi connectivity index (χ0) is 18.0. The van der Waals surface area contributed by atoms with Crippen molar-refractivity contribution < 1.29 is 15.3 Å². The van der Waals surface area contributed by atoms with Gasteiger partial charge in [0.1, 0.15) is 0 Å². The quantitative estimate of drug-likeness (QED) is 0.354. The average molecular weight is 366 g/mol. The number of fused-ring (bicyclic) bond motifs is 1. The van der Waals surface area contributed by atoms with Crippen LogP contribution in [0.5, 0.6) is 11.5 Å². The summed E-state index contributed by atoms with van der Waals surface area (Å²) in [7, 11) is 0. The maximum absolute atomic E-state index is 9.95. The highest BCUT2D eigenvalue weighted by molar-refractivity contribution is 6.32. The minimum Gasteiger partial charge on any atom is -0.504 e. The summed E-state index contributed by atoms with van der Waals surface area (Å²) >= 11 is 5.75. The van der Waals surface area contributed by atoms with Crippen LogP contribution < -0.4 is 10.6 Å². The number of benzene rings is 1. The molecule has 0 saturated heterocycles. The fourth-order valence-electron chi connectivity index (χ4n) is 2.11. The molecule has 1 atom stereocenters. The average Bonchev–Trinajstić information content (AvgIpc) is 3.05. The van der Waals surface area contributed by atoms with Crippen molar-refractivity contribution in [3.8, 4) is 11.5 Å². The standard InChI is InChI=1S/C14H16ClN7O3/c1-6(23)4-17-14-18-12(9-13(19-14)21-22-20-9)16-5-7-2-3-8(15)11(25)10(7)24/h2-3,6,23-25H,4-5H2,1H3,(H3,16,17,18,19,20,21,22). The summed E-state index contributed by atoms with van der Waals surface area (Å²) in [6.07, 6.45) is -0.565. The molecule has 1 unspecified atom stereocenters. The molecule has 2 heterocycles. The number of aromatic amines is 1. The van der Waals surface area contributed by atoms with Crippen LogP contribution in [0.15, 0.2) is 12.1 Å². The number of anilines is 2. The van der Waals surface area contributed by atoms with Gasteiger partial charge in [0.05, 0.1) is 11.1 Å². The summed E-state index contributed by atoms with van der Waals surface area (Å²) < 4.78 is 0. The largest absolute Gasteiger partial charge is 0.504 e. The number of nitrogens with one attached hydrogen (secondary N) is 3.